The largest absolute Gasteiger partial charge is 0.310 e. The van der Waals surface area contributed by atoms with Crippen LogP contribution in [0.15, 0.2) is 28.7 Å². The van der Waals surface area contributed by atoms with Gasteiger partial charge in [-0.3, -0.25) is 0 Å². The van der Waals surface area contributed by atoms with Crippen molar-refractivity contribution in [2.24, 2.45) is 5.41 Å². The molecule has 0 spiro atoms. The SMILES string of the molecule is CCNC(c1ccc(Br)cc1)C1(C)CCCC1. The molecule has 94 valence electrons. The number of nitrogens with one attached hydrogen (secondary N) is 1. The standard InChI is InChI=1S/C15H22BrN/c1-3-17-14(15(2)10-4-5-11-15)12-6-8-13(16)9-7-12/h6-9,14,17H,3-5,10-11H2,1-2H3. The van der Waals surface area contributed by atoms with Crippen LogP contribution in [0.1, 0.15) is 51.1 Å². The Balaban J connectivity index is 2.24. The normalized spacial score (nSPS) is 20.4. The zero-order chi connectivity index (χ0) is 12.3. The fourth-order valence-electron chi connectivity index (χ4n) is 3.10. The molecule has 1 aromatic carbocycles. The zero-order valence-electron chi connectivity index (χ0n) is 10.8. The van der Waals surface area contributed by atoms with Gasteiger partial charge in [-0.1, -0.05) is 54.8 Å². The Kier molecular flexibility index (Phi) is 4.26. The minimum Gasteiger partial charge on any atom is -0.310 e. The van der Waals surface area contributed by atoms with Crippen molar-refractivity contribution >= 4 is 15.9 Å². The van der Waals surface area contributed by atoms with Crippen LogP contribution in [0.5, 0.6) is 0 Å². The summed E-state index contributed by atoms with van der Waals surface area (Å²) < 4.78 is 1.16. The van der Waals surface area contributed by atoms with E-state index in [-0.39, 0.29) is 0 Å². The monoisotopic (exact) mass is 295 g/mol. The van der Waals surface area contributed by atoms with Crippen LogP contribution in [-0.2, 0) is 0 Å². The zero-order valence-corrected chi connectivity index (χ0v) is 12.4. The molecule has 1 unspecified atom stereocenters. The minimum atomic E-state index is 0.434. The summed E-state index contributed by atoms with van der Waals surface area (Å²) in [4.78, 5) is 0. The van der Waals surface area contributed by atoms with Gasteiger partial charge in [-0.05, 0) is 42.5 Å². The third kappa shape index (κ3) is 2.92. The lowest BCUT2D eigenvalue weighted by molar-refractivity contribution is 0.226. The van der Waals surface area contributed by atoms with Crippen LogP contribution in [0.25, 0.3) is 0 Å². The Morgan fingerprint density at radius 3 is 2.35 bits per heavy atom. The summed E-state index contributed by atoms with van der Waals surface area (Å²) in [6.45, 7) is 5.68. The van der Waals surface area contributed by atoms with Crippen molar-refractivity contribution in [1.29, 1.82) is 0 Å². The molecular weight excluding hydrogens is 274 g/mol. The van der Waals surface area contributed by atoms with Crippen molar-refractivity contribution in [3.8, 4) is 0 Å². The van der Waals surface area contributed by atoms with E-state index in [4.69, 9.17) is 0 Å². The third-order valence-corrected chi connectivity index (χ3v) is 4.58. The van der Waals surface area contributed by atoms with E-state index in [9.17, 15) is 0 Å². The van der Waals surface area contributed by atoms with Gasteiger partial charge in [0.1, 0.15) is 0 Å². The quantitative estimate of drug-likeness (QED) is 0.850. The van der Waals surface area contributed by atoms with E-state index >= 15 is 0 Å². The Morgan fingerprint density at radius 1 is 1.24 bits per heavy atom. The topological polar surface area (TPSA) is 12.0 Å². The highest BCUT2D eigenvalue weighted by atomic mass is 79.9. The van der Waals surface area contributed by atoms with Gasteiger partial charge in [-0.2, -0.15) is 0 Å². The van der Waals surface area contributed by atoms with E-state index in [2.05, 4.69) is 59.4 Å². The predicted molar refractivity (Wildman–Crippen MR) is 77.1 cm³/mol. The lowest BCUT2D eigenvalue weighted by atomic mass is 9.77. The summed E-state index contributed by atoms with van der Waals surface area (Å²) in [6.07, 6.45) is 5.46. The van der Waals surface area contributed by atoms with Crippen LogP contribution in [0, 0.1) is 5.41 Å². The second-order valence-electron chi connectivity index (χ2n) is 5.40. The van der Waals surface area contributed by atoms with Gasteiger partial charge in [-0.15, -0.1) is 0 Å². The molecule has 1 fully saturated rings. The summed E-state index contributed by atoms with van der Waals surface area (Å²) in [5.74, 6) is 0. The van der Waals surface area contributed by atoms with Crippen molar-refractivity contribution < 1.29 is 0 Å². The average Bonchev–Trinajstić information content (AvgIpc) is 2.75. The van der Waals surface area contributed by atoms with Crippen molar-refractivity contribution in [1.82, 2.24) is 5.32 Å². The molecule has 0 heterocycles. The lowest BCUT2D eigenvalue weighted by Gasteiger charge is -2.35. The maximum atomic E-state index is 3.69. The summed E-state index contributed by atoms with van der Waals surface area (Å²) in [6, 6.07) is 9.31. The van der Waals surface area contributed by atoms with E-state index in [1.165, 1.54) is 31.2 Å². The van der Waals surface area contributed by atoms with Gasteiger partial charge in [0.15, 0.2) is 0 Å². The molecule has 1 atom stereocenters. The first-order chi connectivity index (χ1) is 8.15. The Bertz CT molecular complexity index is 352. The van der Waals surface area contributed by atoms with E-state index in [0.29, 0.717) is 11.5 Å². The van der Waals surface area contributed by atoms with Crippen LogP contribution in [0.2, 0.25) is 0 Å². The molecule has 2 rings (SSSR count). The lowest BCUT2D eigenvalue weighted by Crippen LogP contribution is -2.34. The molecule has 1 aliphatic rings. The van der Waals surface area contributed by atoms with Gasteiger partial charge in [0, 0.05) is 10.5 Å². The maximum Gasteiger partial charge on any atom is 0.0374 e. The molecule has 1 aromatic rings. The van der Waals surface area contributed by atoms with E-state index in [1.54, 1.807) is 0 Å². The summed E-state index contributed by atoms with van der Waals surface area (Å²) in [5.41, 5.74) is 1.86. The fourth-order valence-corrected chi connectivity index (χ4v) is 3.36. The molecule has 1 aliphatic carbocycles. The van der Waals surface area contributed by atoms with Crippen LogP contribution in [0.4, 0.5) is 0 Å². The van der Waals surface area contributed by atoms with E-state index < -0.39 is 0 Å². The molecule has 0 amide bonds. The molecule has 1 nitrogen and oxygen atoms in total. The Hall–Kier alpha value is -0.340. The first-order valence-corrected chi connectivity index (χ1v) is 7.44. The molecule has 0 aromatic heterocycles. The molecule has 2 heteroatoms. The van der Waals surface area contributed by atoms with Crippen LogP contribution in [0.3, 0.4) is 0 Å². The van der Waals surface area contributed by atoms with Gasteiger partial charge >= 0.3 is 0 Å². The second kappa shape index (κ2) is 5.53. The Morgan fingerprint density at radius 2 is 1.82 bits per heavy atom. The molecule has 1 saturated carbocycles. The smallest absolute Gasteiger partial charge is 0.0374 e. The van der Waals surface area contributed by atoms with Gasteiger partial charge < -0.3 is 5.32 Å². The van der Waals surface area contributed by atoms with Crippen molar-refractivity contribution in [2.75, 3.05) is 6.54 Å². The van der Waals surface area contributed by atoms with Gasteiger partial charge in [0.05, 0.1) is 0 Å². The number of halogens is 1. The molecule has 0 aliphatic heterocycles. The molecule has 0 bridgehead atoms. The number of hydrogen-bond donors (Lipinski definition) is 1. The first kappa shape index (κ1) is 13.1. The van der Waals surface area contributed by atoms with Crippen molar-refractivity contribution in [3.05, 3.63) is 34.3 Å². The first-order valence-electron chi connectivity index (χ1n) is 6.64. The molecule has 17 heavy (non-hydrogen) atoms. The van der Waals surface area contributed by atoms with Gasteiger partial charge in [-0.25, -0.2) is 0 Å². The molecular formula is C15H22BrN. The van der Waals surface area contributed by atoms with E-state index in [0.717, 1.165) is 11.0 Å². The Labute approximate surface area is 113 Å². The number of rotatable bonds is 4. The van der Waals surface area contributed by atoms with Gasteiger partial charge in [0.25, 0.3) is 0 Å². The minimum absolute atomic E-state index is 0.434. The molecule has 0 radical (unpaired) electrons. The number of hydrogen-bond acceptors (Lipinski definition) is 1. The predicted octanol–water partition coefficient (Wildman–Crippen LogP) is 4.68. The highest BCUT2D eigenvalue weighted by Crippen LogP contribution is 2.47. The fraction of sp³-hybridized carbons (Fsp3) is 0.600. The number of benzene rings is 1. The third-order valence-electron chi connectivity index (χ3n) is 4.05. The van der Waals surface area contributed by atoms with Crippen molar-refractivity contribution in [2.45, 2.75) is 45.6 Å². The average molecular weight is 296 g/mol. The van der Waals surface area contributed by atoms with Crippen molar-refractivity contribution in [3.63, 3.8) is 0 Å². The highest BCUT2D eigenvalue weighted by molar-refractivity contribution is 9.10. The summed E-state index contributed by atoms with van der Waals surface area (Å²) >= 11 is 3.51. The summed E-state index contributed by atoms with van der Waals surface area (Å²) in [7, 11) is 0. The molecule has 1 N–H and O–H groups in total. The van der Waals surface area contributed by atoms with Crippen LogP contribution < -0.4 is 5.32 Å². The second-order valence-corrected chi connectivity index (χ2v) is 6.32. The maximum absolute atomic E-state index is 3.69. The van der Waals surface area contributed by atoms with Crippen LogP contribution in [-0.4, -0.2) is 6.54 Å². The van der Waals surface area contributed by atoms with E-state index in [1.807, 2.05) is 0 Å². The van der Waals surface area contributed by atoms with Crippen LogP contribution >= 0.6 is 15.9 Å². The summed E-state index contributed by atoms with van der Waals surface area (Å²) in [5, 5.41) is 3.69. The molecule has 0 saturated heterocycles. The highest BCUT2D eigenvalue weighted by Gasteiger charge is 2.37. The van der Waals surface area contributed by atoms with Gasteiger partial charge in [0.2, 0.25) is 0 Å².